The van der Waals surface area contributed by atoms with E-state index in [1.54, 1.807) is 0 Å². The zero-order valence-electron chi connectivity index (χ0n) is 11.7. The van der Waals surface area contributed by atoms with E-state index in [-0.39, 0.29) is 0 Å². The number of primary amides is 1. The predicted octanol–water partition coefficient (Wildman–Crippen LogP) is -0.0874. The molecule has 0 bridgehead atoms. The van der Waals surface area contributed by atoms with Gasteiger partial charge in [-0.1, -0.05) is 30.3 Å². The molecule has 0 aliphatic rings. The van der Waals surface area contributed by atoms with E-state index in [0.29, 0.717) is 13.2 Å². The van der Waals surface area contributed by atoms with Crippen molar-refractivity contribution in [3.05, 3.63) is 35.9 Å². The van der Waals surface area contributed by atoms with Crippen molar-refractivity contribution in [1.29, 1.82) is 0 Å². The van der Waals surface area contributed by atoms with E-state index >= 15 is 0 Å². The lowest BCUT2D eigenvalue weighted by molar-refractivity contribution is -0.683. The SMILES string of the molecule is CCOCCC[NH2+][C@H](C(=O)NC(N)=O)c1ccccc1. The van der Waals surface area contributed by atoms with Gasteiger partial charge >= 0.3 is 6.03 Å². The molecule has 0 radical (unpaired) electrons. The third-order valence-electron chi connectivity index (χ3n) is 2.79. The number of rotatable bonds is 8. The highest BCUT2D eigenvalue weighted by atomic mass is 16.5. The predicted molar refractivity (Wildman–Crippen MR) is 74.8 cm³/mol. The minimum atomic E-state index is -0.835. The van der Waals surface area contributed by atoms with Crippen LogP contribution in [0, 0.1) is 0 Å². The highest BCUT2D eigenvalue weighted by molar-refractivity contribution is 5.96. The maximum atomic E-state index is 12.0. The monoisotopic (exact) mass is 280 g/mol. The molecule has 0 saturated heterocycles. The topological polar surface area (TPSA) is 98.0 Å². The Labute approximate surface area is 118 Å². The van der Waals surface area contributed by atoms with E-state index in [4.69, 9.17) is 10.5 Å². The average Bonchev–Trinajstić information content (AvgIpc) is 2.43. The van der Waals surface area contributed by atoms with E-state index in [0.717, 1.165) is 18.5 Å². The quantitative estimate of drug-likeness (QED) is 0.580. The number of imide groups is 1. The number of carbonyl (C=O) groups excluding carboxylic acids is 2. The molecule has 0 aliphatic carbocycles. The number of ether oxygens (including phenoxy) is 1. The van der Waals surface area contributed by atoms with Gasteiger partial charge in [-0.25, -0.2) is 4.79 Å². The number of benzene rings is 1. The highest BCUT2D eigenvalue weighted by Gasteiger charge is 2.24. The van der Waals surface area contributed by atoms with E-state index < -0.39 is 18.0 Å². The minimum absolute atomic E-state index is 0.403. The fourth-order valence-electron chi connectivity index (χ4n) is 1.87. The number of hydrogen-bond donors (Lipinski definition) is 3. The van der Waals surface area contributed by atoms with Crippen LogP contribution in [0.5, 0.6) is 0 Å². The molecule has 0 aromatic heterocycles. The van der Waals surface area contributed by atoms with Crippen LogP contribution in [0.1, 0.15) is 24.9 Å². The molecule has 6 nitrogen and oxygen atoms in total. The maximum Gasteiger partial charge on any atom is 0.319 e. The summed E-state index contributed by atoms with van der Waals surface area (Å²) in [5.74, 6) is -0.403. The summed E-state index contributed by atoms with van der Waals surface area (Å²) in [6, 6.07) is 7.97. The smallest absolute Gasteiger partial charge is 0.319 e. The van der Waals surface area contributed by atoms with Gasteiger partial charge in [-0.05, 0) is 6.92 Å². The van der Waals surface area contributed by atoms with Crippen molar-refractivity contribution in [3.63, 3.8) is 0 Å². The lowest BCUT2D eigenvalue weighted by Gasteiger charge is -2.14. The van der Waals surface area contributed by atoms with Crippen LogP contribution in [-0.4, -0.2) is 31.7 Å². The van der Waals surface area contributed by atoms with E-state index in [2.05, 4.69) is 5.32 Å². The van der Waals surface area contributed by atoms with E-state index in [9.17, 15) is 9.59 Å². The minimum Gasteiger partial charge on any atom is -0.382 e. The Morgan fingerprint density at radius 2 is 2.05 bits per heavy atom. The molecule has 110 valence electrons. The van der Waals surface area contributed by atoms with Crippen LogP contribution in [-0.2, 0) is 9.53 Å². The summed E-state index contributed by atoms with van der Waals surface area (Å²) in [5, 5.41) is 4.01. The van der Waals surface area contributed by atoms with Crippen LogP contribution in [0.2, 0.25) is 0 Å². The van der Waals surface area contributed by atoms with Gasteiger partial charge < -0.3 is 15.8 Å². The van der Waals surface area contributed by atoms with Crippen molar-refractivity contribution >= 4 is 11.9 Å². The Balaban J connectivity index is 2.60. The molecule has 0 unspecified atom stereocenters. The van der Waals surface area contributed by atoms with Crippen LogP contribution in [0.25, 0.3) is 0 Å². The van der Waals surface area contributed by atoms with Gasteiger partial charge in [0, 0.05) is 18.6 Å². The van der Waals surface area contributed by atoms with Gasteiger partial charge in [0.25, 0.3) is 5.91 Å². The molecular weight excluding hydrogens is 258 g/mol. The summed E-state index contributed by atoms with van der Waals surface area (Å²) in [6.07, 6.45) is 0.834. The second kappa shape index (κ2) is 9.06. The van der Waals surface area contributed by atoms with Crippen LogP contribution in [0.4, 0.5) is 4.79 Å². The van der Waals surface area contributed by atoms with Gasteiger partial charge in [0.05, 0.1) is 13.2 Å². The van der Waals surface area contributed by atoms with Crippen molar-refractivity contribution < 1.29 is 19.6 Å². The number of hydrogen-bond acceptors (Lipinski definition) is 3. The van der Waals surface area contributed by atoms with Gasteiger partial charge in [-0.15, -0.1) is 0 Å². The number of carbonyl (C=O) groups is 2. The summed E-state index contributed by atoms with van der Waals surface area (Å²) >= 11 is 0. The summed E-state index contributed by atoms with van der Waals surface area (Å²) in [5.41, 5.74) is 5.83. The first kappa shape index (κ1) is 16.1. The molecule has 3 amide bonds. The lowest BCUT2D eigenvalue weighted by atomic mass is 10.1. The van der Waals surface area contributed by atoms with Gasteiger partial charge in [-0.3, -0.25) is 10.1 Å². The molecule has 0 heterocycles. The number of amides is 3. The van der Waals surface area contributed by atoms with Crippen molar-refractivity contribution in [2.24, 2.45) is 5.73 Å². The molecule has 1 atom stereocenters. The maximum absolute atomic E-state index is 12.0. The Hall–Kier alpha value is -1.92. The second-order valence-electron chi connectivity index (χ2n) is 4.32. The third kappa shape index (κ3) is 5.81. The van der Waals surface area contributed by atoms with Crippen molar-refractivity contribution in [3.8, 4) is 0 Å². The number of urea groups is 1. The Kier molecular flexibility index (Phi) is 7.31. The van der Waals surface area contributed by atoms with Crippen LogP contribution in [0.15, 0.2) is 30.3 Å². The molecular formula is C14H22N3O3+. The Bertz CT molecular complexity index is 423. The average molecular weight is 280 g/mol. The van der Waals surface area contributed by atoms with Crippen LogP contribution >= 0.6 is 0 Å². The molecule has 0 spiro atoms. The molecule has 5 N–H and O–H groups in total. The zero-order valence-corrected chi connectivity index (χ0v) is 11.7. The van der Waals surface area contributed by atoms with Crippen molar-refractivity contribution in [1.82, 2.24) is 5.32 Å². The molecule has 0 fully saturated rings. The normalized spacial score (nSPS) is 11.8. The second-order valence-corrected chi connectivity index (χ2v) is 4.32. The fourth-order valence-corrected chi connectivity index (χ4v) is 1.87. The molecule has 20 heavy (non-hydrogen) atoms. The first-order chi connectivity index (χ1) is 9.65. The third-order valence-corrected chi connectivity index (χ3v) is 2.79. The first-order valence-corrected chi connectivity index (χ1v) is 6.71. The van der Waals surface area contributed by atoms with Crippen LogP contribution in [0.3, 0.4) is 0 Å². The number of quaternary nitrogens is 1. The van der Waals surface area contributed by atoms with E-state index in [1.165, 1.54) is 0 Å². The highest BCUT2D eigenvalue weighted by Crippen LogP contribution is 2.08. The number of nitrogens with one attached hydrogen (secondary N) is 1. The largest absolute Gasteiger partial charge is 0.382 e. The molecule has 1 aromatic rings. The molecule has 1 rings (SSSR count). The summed E-state index contributed by atoms with van der Waals surface area (Å²) in [6.45, 7) is 4.01. The summed E-state index contributed by atoms with van der Waals surface area (Å²) in [4.78, 5) is 22.8. The Morgan fingerprint density at radius 3 is 2.65 bits per heavy atom. The van der Waals surface area contributed by atoms with Gasteiger partial charge in [0.2, 0.25) is 0 Å². The molecule has 6 heteroatoms. The molecule has 1 aromatic carbocycles. The van der Waals surface area contributed by atoms with Crippen LogP contribution < -0.4 is 16.4 Å². The fraction of sp³-hybridized carbons (Fsp3) is 0.429. The van der Waals surface area contributed by atoms with Crippen molar-refractivity contribution in [2.45, 2.75) is 19.4 Å². The summed E-state index contributed by atoms with van der Waals surface area (Å²) < 4.78 is 5.25. The van der Waals surface area contributed by atoms with Gasteiger partial charge in [0.1, 0.15) is 0 Å². The van der Waals surface area contributed by atoms with Gasteiger partial charge in [-0.2, -0.15) is 0 Å². The van der Waals surface area contributed by atoms with E-state index in [1.807, 2.05) is 42.6 Å². The molecule has 0 saturated carbocycles. The summed E-state index contributed by atoms with van der Waals surface area (Å²) in [7, 11) is 0. The first-order valence-electron chi connectivity index (χ1n) is 6.71. The Morgan fingerprint density at radius 1 is 1.35 bits per heavy atom. The standard InChI is InChI=1S/C14H21N3O3/c1-2-20-10-6-9-16-12(13(18)17-14(15)19)11-7-4-3-5-8-11/h3-5,7-8,12,16H,2,6,9-10H2,1H3,(H3,15,17,18,19)/p+1/t12-/m0/s1. The molecule has 0 aliphatic heterocycles. The number of nitrogens with two attached hydrogens (primary N) is 2. The lowest BCUT2D eigenvalue weighted by Crippen LogP contribution is -2.88. The van der Waals surface area contributed by atoms with Crippen molar-refractivity contribution in [2.75, 3.05) is 19.8 Å². The van der Waals surface area contributed by atoms with Gasteiger partial charge in [0.15, 0.2) is 6.04 Å². The zero-order chi connectivity index (χ0) is 14.8.